The van der Waals surface area contributed by atoms with E-state index < -0.39 is 0 Å². The van der Waals surface area contributed by atoms with Gasteiger partial charge in [0.2, 0.25) is 0 Å². The maximum atomic E-state index is 8.32. The maximum Gasteiger partial charge on any atom is 0.0621 e. The van der Waals surface area contributed by atoms with E-state index in [9.17, 15) is 0 Å². The molecule has 0 fully saturated rings. The van der Waals surface area contributed by atoms with E-state index in [0.29, 0.717) is 6.42 Å². The van der Waals surface area contributed by atoms with E-state index in [1.165, 1.54) is 12.8 Å². The summed E-state index contributed by atoms with van der Waals surface area (Å²) >= 11 is 0. The molecular formula is C14H21N. The Morgan fingerprint density at radius 1 is 0.933 bits per heavy atom. The SMILES string of the molecule is C/C=C/CCC/C=C/C=C/CCCC#N. The van der Waals surface area contributed by atoms with Crippen molar-refractivity contribution < 1.29 is 0 Å². The summed E-state index contributed by atoms with van der Waals surface area (Å²) < 4.78 is 0. The van der Waals surface area contributed by atoms with E-state index in [0.717, 1.165) is 19.3 Å². The lowest BCUT2D eigenvalue weighted by atomic mass is 10.2. The van der Waals surface area contributed by atoms with Crippen LogP contribution in [0.3, 0.4) is 0 Å². The molecule has 0 heterocycles. The largest absolute Gasteiger partial charge is 0.198 e. The van der Waals surface area contributed by atoms with Crippen molar-refractivity contribution >= 4 is 0 Å². The summed E-state index contributed by atoms with van der Waals surface area (Å²) in [5.41, 5.74) is 0. The van der Waals surface area contributed by atoms with Crippen LogP contribution in [-0.2, 0) is 0 Å². The van der Waals surface area contributed by atoms with Gasteiger partial charge in [0, 0.05) is 6.42 Å². The Bertz CT molecular complexity index is 241. The number of allylic oxidation sites excluding steroid dienone is 6. The Morgan fingerprint density at radius 2 is 1.53 bits per heavy atom. The molecule has 0 saturated carbocycles. The Labute approximate surface area is 93.8 Å². The molecule has 0 spiro atoms. The van der Waals surface area contributed by atoms with E-state index in [1.54, 1.807) is 0 Å². The van der Waals surface area contributed by atoms with Gasteiger partial charge in [-0.3, -0.25) is 0 Å². The van der Waals surface area contributed by atoms with E-state index in [-0.39, 0.29) is 0 Å². The first-order valence-corrected chi connectivity index (χ1v) is 5.71. The molecule has 15 heavy (non-hydrogen) atoms. The predicted molar refractivity (Wildman–Crippen MR) is 66.4 cm³/mol. The zero-order valence-corrected chi connectivity index (χ0v) is 9.65. The van der Waals surface area contributed by atoms with Crippen molar-refractivity contribution in [3.8, 4) is 6.07 Å². The van der Waals surface area contributed by atoms with Crippen molar-refractivity contribution in [2.75, 3.05) is 0 Å². The Morgan fingerprint density at radius 3 is 2.13 bits per heavy atom. The third kappa shape index (κ3) is 12.7. The molecule has 1 heteroatoms. The number of unbranched alkanes of at least 4 members (excludes halogenated alkanes) is 4. The van der Waals surface area contributed by atoms with Gasteiger partial charge >= 0.3 is 0 Å². The fourth-order valence-corrected chi connectivity index (χ4v) is 1.17. The summed E-state index contributed by atoms with van der Waals surface area (Å²) in [6.07, 6.45) is 19.0. The van der Waals surface area contributed by atoms with Gasteiger partial charge in [0.15, 0.2) is 0 Å². The van der Waals surface area contributed by atoms with E-state index in [1.807, 2.05) is 0 Å². The third-order valence-electron chi connectivity index (χ3n) is 2.02. The van der Waals surface area contributed by atoms with E-state index in [4.69, 9.17) is 5.26 Å². The number of hydrogen-bond acceptors (Lipinski definition) is 1. The quantitative estimate of drug-likeness (QED) is 0.323. The van der Waals surface area contributed by atoms with Gasteiger partial charge in [0.1, 0.15) is 0 Å². The van der Waals surface area contributed by atoms with E-state index in [2.05, 4.69) is 49.4 Å². The first-order valence-electron chi connectivity index (χ1n) is 5.71. The summed E-state index contributed by atoms with van der Waals surface area (Å²) in [4.78, 5) is 0. The van der Waals surface area contributed by atoms with Crippen LogP contribution in [0.15, 0.2) is 36.5 Å². The number of nitrogens with zero attached hydrogens (tertiary/aromatic N) is 1. The first kappa shape index (κ1) is 13.7. The van der Waals surface area contributed by atoms with Crippen LogP contribution in [0.5, 0.6) is 0 Å². The van der Waals surface area contributed by atoms with Crippen molar-refractivity contribution in [2.24, 2.45) is 0 Å². The van der Waals surface area contributed by atoms with Gasteiger partial charge < -0.3 is 0 Å². The fourth-order valence-electron chi connectivity index (χ4n) is 1.17. The van der Waals surface area contributed by atoms with Crippen LogP contribution in [0.2, 0.25) is 0 Å². The Balaban J connectivity index is 3.26. The van der Waals surface area contributed by atoms with Crippen molar-refractivity contribution in [1.29, 1.82) is 5.26 Å². The molecule has 0 aliphatic carbocycles. The van der Waals surface area contributed by atoms with Gasteiger partial charge in [-0.2, -0.15) is 5.26 Å². The van der Waals surface area contributed by atoms with E-state index >= 15 is 0 Å². The normalized spacial score (nSPS) is 11.7. The minimum Gasteiger partial charge on any atom is -0.198 e. The standard InChI is InChI=1S/C14H21N/c1-2-3-4-5-6-7-8-9-10-11-12-13-14-15/h2-3,7-10H,4-6,11-13H2,1H3/b3-2+,8-7+,10-9+. The zero-order valence-electron chi connectivity index (χ0n) is 9.65. The lowest BCUT2D eigenvalue weighted by Crippen LogP contribution is -1.69. The summed E-state index contributed by atoms with van der Waals surface area (Å²) in [5, 5.41) is 8.32. The second kappa shape index (κ2) is 12.7. The van der Waals surface area contributed by atoms with Gasteiger partial charge in [-0.05, 0) is 39.0 Å². The van der Waals surface area contributed by atoms with Crippen LogP contribution >= 0.6 is 0 Å². The third-order valence-corrected chi connectivity index (χ3v) is 2.02. The summed E-state index contributed by atoms with van der Waals surface area (Å²) in [5.74, 6) is 0. The molecule has 0 N–H and O–H groups in total. The van der Waals surface area contributed by atoms with Gasteiger partial charge in [-0.1, -0.05) is 36.5 Å². The van der Waals surface area contributed by atoms with Gasteiger partial charge in [-0.15, -0.1) is 0 Å². The highest BCUT2D eigenvalue weighted by atomic mass is 14.2. The molecule has 0 aromatic heterocycles. The fraction of sp³-hybridized carbons (Fsp3) is 0.500. The molecule has 82 valence electrons. The zero-order chi connectivity index (χ0) is 11.2. The average molecular weight is 203 g/mol. The molecule has 0 bridgehead atoms. The Hall–Kier alpha value is -1.29. The molecule has 0 radical (unpaired) electrons. The van der Waals surface area contributed by atoms with Gasteiger partial charge in [0.05, 0.1) is 6.07 Å². The number of nitriles is 1. The smallest absolute Gasteiger partial charge is 0.0621 e. The summed E-state index contributed by atoms with van der Waals surface area (Å²) in [6, 6.07) is 2.14. The van der Waals surface area contributed by atoms with Crippen molar-refractivity contribution in [2.45, 2.75) is 45.4 Å². The molecular weight excluding hydrogens is 182 g/mol. The first-order chi connectivity index (χ1) is 7.41. The minimum atomic E-state index is 0.664. The van der Waals surface area contributed by atoms with Crippen molar-refractivity contribution in [3.05, 3.63) is 36.5 Å². The van der Waals surface area contributed by atoms with Crippen LogP contribution < -0.4 is 0 Å². The molecule has 0 amide bonds. The van der Waals surface area contributed by atoms with Gasteiger partial charge in [0.25, 0.3) is 0 Å². The molecule has 0 saturated heterocycles. The van der Waals surface area contributed by atoms with Crippen LogP contribution in [0.4, 0.5) is 0 Å². The van der Waals surface area contributed by atoms with Crippen LogP contribution in [0, 0.1) is 11.3 Å². The maximum absolute atomic E-state index is 8.32. The molecule has 1 nitrogen and oxygen atoms in total. The second-order valence-corrected chi connectivity index (χ2v) is 3.41. The van der Waals surface area contributed by atoms with Crippen LogP contribution in [0.25, 0.3) is 0 Å². The highest BCUT2D eigenvalue weighted by molar-refractivity contribution is 5.02. The van der Waals surface area contributed by atoms with Crippen LogP contribution in [0.1, 0.15) is 45.4 Å². The highest BCUT2D eigenvalue weighted by Crippen LogP contribution is 1.99. The Kier molecular flexibility index (Phi) is 11.6. The number of rotatable bonds is 8. The van der Waals surface area contributed by atoms with Crippen molar-refractivity contribution in [1.82, 2.24) is 0 Å². The van der Waals surface area contributed by atoms with Crippen molar-refractivity contribution in [3.63, 3.8) is 0 Å². The topological polar surface area (TPSA) is 23.8 Å². The molecule has 0 aromatic rings. The van der Waals surface area contributed by atoms with Gasteiger partial charge in [-0.25, -0.2) is 0 Å². The lowest BCUT2D eigenvalue weighted by Gasteiger charge is -1.88. The second-order valence-electron chi connectivity index (χ2n) is 3.41. The number of hydrogen-bond donors (Lipinski definition) is 0. The molecule has 0 aliphatic heterocycles. The minimum absolute atomic E-state index is 0.664. The molecule has 0 aromatic carbocycles. The molecule has 0 atom stereocenters. The summed E-state index contributed by atoms with van der Waals surface area (Å²) in [7, 11) is 0. The molecule has 0 rings (SSSR count). The lowest BCUT2D eigenvalue weighted by molar-refractivity contribution is 0.866. The molecule has 0 unspecified atom stereocenters. The monoisotopic (exact) mass is 203 g/mol. The van der Waals surface area contributed by atoms with Crippen LogP contribution in [-0.4, -0.2) is 0 Å². The average Bonchev–Trinajstić information content (AvgIpc) is 2.26. The predicted octanol–water partition coefficient (Wildman–Crippen LogP) is 4.54. The highest BCUT2D eigenvalue weighted by Gasteiger charge is 1.80. The summed E-state index contributed by atoms with van der Waals surface area (Å²) in [6.45, 7) is 2.06. The molecule has 0 aliphatic rings.